The van der Waals surface area contributed by atoms with E-state index in [-0.39, 0.29) is 6.42 Å². The van der Waals surface area contributed by atoms with Crippen LogP contribution in [0.1, 0.15) is 5.56 Å². The Morgan fingerprint density at radius 3 is 2.40 bits per heavy atom. The van der Waals surface area contributed by atoms with E-state index in [2.05, 4.69) is 0 Å². The van der Waals surface area contributed by atoms with Gasteiger partial charge in [0.2, 0.25) is 0 Å². The standard InChI is InChI=1S/C10H11F2NO2/c11-10(12,9(14)15)8(13)6-7-4-2-1-3-5-7/h1-5,8H,6,13H2,(H,14,15). The maximum absolute atomic E-state index is 12.9. The molecule has 0 aliphatic rings. The van der Waals surface area contributed by atoms with Gasteiger partial charge in [-0.25, -0.2) is 4.79 Å². The maximum Gasteiger partial charge on any atom is 0.376 e. The Labute approximate surface area is 85.5 Å². The summed E-state index contributed by atoms with van der Waals surface area (Å²) < 4.78 is 25.8. The number of hydrogen-bond acceptors (Lipinski definition) is 2. The molecule has 0 aromatic heterocycles. The number of carboxylic acid groups (broad SMARTS) is 1. The van der Waals surface area contributed by atoms with Gasteiger partial charge in [-0.05, 0) is 12.0 Å². The van der Waals surface area contributed by atoms with Gasteiger partial charge < -0.3 is 10.8 Å². The van der Waals surface area contributed by atoms with Crippen LogP contribution in [-0.4, -0.2) is 23.0 Å². The summed E-state index contributed by atoms with van der Waals surface area (Å²) in [6, 6.07) is 6.64. The molecule has 3 N–H and O–H groups in total. The van der Waals surface area contributed by atoms with Crippen LogP contribution in [0.4, 0.5) is 8.78 Å². The lowest BCUT2D eigenvalue weighted by atomic mass is 10.0. The summed E-state index contributed by atoms with van der Waals surface area (Å²) in [6.45, 7) is 0. The van der Waals surface area contributed by atoms with Gasteiger partial charge in [0.25, 0.3) is 0 Å². The number of benzene rings is 1. The van der Waals surface area contributed by atoms with Gasteiger partial charge in [0.05, 0.1) is 6.04 Å². The average Bonchev–Trinajstić information content (AvgIpc) is 2.18. The second kappa shape index (κ2) is 4.35. The zero-order valence-corrected chi connectivity index (χ0v) is 7.86. The second-order valence-electron chi connectivity index (χ2n) is 3.22. The molecule has 0 bridgehead atoms. The van der Waals surface area contributed by atoms with E-state index in [4.69, 9.17) is 10.8 Å². The van der Waals surface area contributed by atoms with Crippen LogP contribution in [0.2, 0.25) is 0 Å². The SMILES string of the molecule is NC(Cc1ccccc1)C(F)(F)C(=O)O. The molecule has 1 unspecified atom stereocenters. The number of alkyl halides is 2. The molecule has 5 heteroatoms. The topological polar surface area (TPSA) is 63.3 Å². The minimum Gasteiger partial charge on any atom is -0.477 e. The monoisotopic (exact) mass is 215 g/mol. The van der Waals surface area contributed by atoms with Gasteiger partial charge >= 0.3 is 11.9 Å². The van der Waals surface area contributed by atoms with Crippen molar-refractivity contribution in [1.29, 1.82) is 0 Å². The molecule has 0 saturated heterocycles. The van der Waals surface area contributed by atoms with Crippen molar-refractivity contribution < 1.29 is 18.7 Å². The maximum atomic E-state index is 12.9. The van der Waals surface area contributed by atoms with Gasteiger partial charge in [-0.3, -0.25) is 0 Å². The van der Waals surface area contributed by atoms with E-state index in [1.807, 2.05) is 0 Å². The molecule has 1 aromatic rings. The van der Waals surface area contributed by atoms with Crippen molar-refractivity contribution in [2.75, 3.05) is 0 Å². The molecular formula is C10H11F2NO2. The van der Waals surface area contributed by atoms with Crippen LogP contribution in [0.5, 0.6) is 0 Å². The Morgan fingerprint density at radius 2 is 1.93 bits per heavy atom. The minimum atomic E-state index is -3.89. The Hall–Kier alpha value is -1.49. The van der Waals surface area contributed by atoms with Crippen molar-refractivity contribution in [3.8, 4) is 0 Å². The second-order valence-corrected chi connectivity index (χ2v) is 3.22. The quantitative estimate of drug-likeness (QED) is 0.795. The van der Waals surface area contributed by atoms with Gasteiger partial charge in [0, 0.05) is 0 Å². The van der Waals surface area contributed by atoms with Crippen LogP contribution >= 0.6 is 0 Å². The van der Waals surface area contributed by atoms with Crippen molar-refractivity contribution >= 4 is 5.97 Å². The Bertz CT molecular complexity index is 341. The van der Waals surface area contributed by atoms with Gasteiger partial charge in [-0.1, -0.05) is 30.3 Å². The van der Waals surface area contributed by atoms with Crippen molar-refractivity contribution in [2.45, 2.75) is 18.4 Å². The van der Waals surface area contributed by atoms with Crippen molar-refractivity contribution in [3.05, 3.63) is 35.9 Å². The summed E-state index contributed by atoms with van der Waals surface area (Å²) in [7, 11) is 0. The van der Waals surface area contributed by atoms with Crippen LogP contribution in [0, 0.1) is 0 Å². The third kappa shape index (κ3) is 2.73. The van der Waals surface area contributed by atoms with E-state index in [0.29, 0.717) is 5.56 Å². The van der Waals surface area contributed by atoms with Gasteiger partial charge in [0.15, 0.2) is 0 Å². The van der Waals surface area contributed by atoms with Crippen LogP contribution in [0.15, 0.2) is 30.3 Å². The average molecular weight is 215 g/mol. The normalized spacial score (nSPS) is 13.5. The largest absolute Gasteiger partial charge is 0.477 e. The fourth-order valence-corrected chi connectivity index (χ4v) is 1.15. The van der Waals surface area contributed by atoms with Crippen LogP contribution < -0.4 is 5.73 Å². The molecule has 0 radical (unpaired) electrons. The van der Waals surface area contributed by atoms with Crippen molar-refractivity contribution in [3.63, 3.8) is 0 Å². The zero-order chi connectivity index (χ0) is 11.5. The Balaban J connectivity index is 2.72. The third-order valence-electron chi connectivity index (χ3n) is 2.05. The lowest BCUT2D eigenvalue weighted by Gasteiger charge is -2.19. The number of rotatable bonds is 4. The van der Waals surface area contributed by atoms with E-state index < -0.39 is 17.9 Å². The van der Waals surface area contributed by atoms with Crippen LogP contribution in [0.25, 0.3) is 0 Å². The van der Waals surface area contributed by atoms with E-state index in [0.717, 1.165) is 0 Å². The summed E-state index contributed by atoms with van der Waals surface area (Å²) in [5, 5.41) is 8.26. The molecule has 3 nitrogen and oxygen atoms in total. The number of nitrogens with two attached hydrogens (primary N) is 1. The number of carboxylic acids is 1. The number of hydrogen-bond donors (Lipinski definition) is 2. The predicted octanol–water partition coefficient (Wildman–Crippen LogP) is 1.28. The first-order valence-corrected chi connectivity index (χ1v) is 4.35. The van der Waals surface area contributed by atoms with Gasteiger partial charge in [-0.2, -0.15) is 8.78 Å². The summed E-state index contributed by atoms with van der Waals surface area (Å²) in [6.07, 6.45) is -0.167. The van der Waals surface area contributed by atoms with Crippen molar-refractivity contribution in [1.82, 2.24) is 0 Å². The molecule has 0 saturated carbocycles. The van der Waals surface area contributed by atoms with Crippen LogP contribution in [-0.2, 0) is 11.2 Å². The number of halogens is 2. The van der Waals surface area contributed by atoms with E-state index in [1.165, 1.54) is 0 Å². The van der Waals surface area contributed by atoms with E-state index in [1.54, 1.807) is 30.3 Å². The molecule has 0 spiro atoms. The molecule has 1 rings (SSSR count). The molecular weight excluding hydrogens is 204 g/mol. The molecule has 0 heterocycles. The number of carbonyl (C=O) groups is 1. The highest BCUT2D eigenvalue weighted by Crippen LogP contribution is 2.20. The molecule has 0 aliphatic heterocycles. The summed E-state index contributed by atoms with van der Waals surface area (Å²) >= 11 is 0. The van der Waals surface area contributed by atoms with Gasteiger partial charge in [0.1, 0.15) is 0 Å². The van der Waals surface area contributed by atoms with Gasteiger partial charge in [-0.15, -0.1) is 0 Å². The van der Waals surface area contributed by atoms with E-state index in [9.17, 15) is 13.6 Å². The fraction of sp³-hybridized carbons (Fsp3) is 0.300. The van der Waals surface area contributed by atoms with Crippen molar-refractivity contribution in [2.24, 2.45) is 5.73 Å². The summed E-state index contributed by atoms with van der Waals surface area (Å²) in [5.41, 5.74) is 5.74. The smallest absolute Gasteiger partial charge is 0.376 e. The molecule has 0 aliphatic carbocycles. The summed E-state index contributed by atoms with van der Waals surface area (Å²) in [4.78, 5) is 10.2. The third-order valence-corrected chi connectivity index (χ3v) is 2.05. The number of aliphatic carboxylic acids is 1. The predicted molar refractivity (Wildman–Crippen MR) is 50.7 cm³/mol. The van der Waals surface area contributed by atoms with E-state index >= 15 is 0 Å². The first-order chi connectivity index (χ1) is 6.94. The first-order valence-electron chi connectivity index (χ1n) is 4.35. The lowest BCUT2D eigenvalue weighted by molar-refractivity contribution is -0.167. The lowest BCUT2D eigenvalue weighted by Crippen LogP contribution is -2.48. The Morgan fingerprint density at radius 1 is 1.40 bits per heavy atom. The molecule has 15 heavy (non-hydrogen) atoms. The highest BCUT2D eigenvalue weighted by Gasteiger charge is 2.45. The highest BCUT2D eigenvalue weighted by atomic mass is 19.3. The fourth-order valence-electron chi connectivity index (χ4n) is 1.15. The molecule has 0 fully saturated rings. The van der Waals surface area contributed by atoms with Crippen LogP contribution in [0.3, 0.4) is 0 Å². The first kappa shape index (κ1) is 11.6. The minimum absolute atomic E-state index is 0.167. The summed E-state index contributed by atoms with van der Waals surface area (Å²) in [5.74, 6) is -6.08. The highest BCUT2D eigenvalue weighted by molar-refractivity contribution is 5.76. The molecule has 0 amide bonds. The molecule has 82 valence electrons. The zero-order valence-electron chi connectivity index (χ0n) is 7.86. The molecule has 1 aromatic carbocycles. The molecule has 1 atom stereocenters. The Kier molecular flexibility index (Phi) is 3.36.